The first-order valence-corrected chi connectivity index (χ1v) is 6.68. The minimum atomic E-state index is -0.970. The van der Waals surface area contributed by atoms with Crippen LogP contribution >= 0.6 is 0 Å². The summed E-state index contributed by atoms with van der Waals surface area (Å²) in [6.07, 6.45) is 3.94. The van der Waals surface area contributed by atoms with E-state index in [1.165, 1.54) is 0 Å². The van der Waals surface area contributed by atoms with E-state index >= 15 is 0 Å². The molecule has 0 bridgehead atoms. The largest absolute Gasteiger partial charge is 0.480 e. The summed E-state index contributed by atoms with van der Waals surface area (Å²) in [5, 5.41) is 11.7. The number of rotatable bonds is 6. The van der Waals surface area contributed by atoms with Crippen LogP contribution in [0.15, 0.2) is 0 Å². The van der Waals surface area contributed by atoms with Crippen LogP contribution in [-0.4, -0.2) is 35.7 Å². The molecule has 2 N–H and O–H groups in total. The molecular formula is C13H23NO4. The molecule has 1 aliphatic rings. The molecule has 18 heavy (non-hydrogen) atoms. The van der Waals surface area contributed by atoms with Gasteiger partial charge < -0.3 is 15.2 Å². The zero-order chi connectivity index (χ0) is 13.5. The van der Waals surface area contributed by atoms with Crippen LogP contribution in [0, 0.1) is 5.92 Å². The number of nitrogens with one attached hydrogen (secondary N) is 1. The van der Waals surface area contributed by atoms with Crippen LogP contribution in [0.3, 0.4) is 0 Å². The number of carbonyl (C=O) groups is 2. The molecule has 1 aliphatic heterocycles. The van der Waals surface area contributed by atoms with E-state index in [-0.39, 0.29) is 24.3 Å². The Morgan fingerprint density at radius 1 is 1.44 bits per heavy atom. The lowest BCUT2D eigenvalue weighted by molar-refractivity contribution is -0.144. The summed E-state index contributed by atoms with van der Waals surface area (Å²) in [6.45, 7) is 4.44. The van der Waals surface area contributed by atoms with E-state index in [0.29, 0.717) is 6.61 Å². The van der Waals surface area contributed by atoms with Crippen molar-refractivity contribution in [3.63, 3.8) is 0 Å². The average molecular weight is 257 g/mol. The molecule has 2 unspecified atom stereocenters. The Labute approximate surface area is 108 Å². The number of carbonyl (C=O) groups excluding carboxylic acids is 1. The van der Waals surface area contributed by atoms with Crippen molar-refractivity contribution in [3.05, 3.63) is 0 Å². The van der Waals surface area contributed by atoms with E-state index in [1.807, 2.05) is 13.8 Å². The Morgan fingerprint density at radius 2 is 2.17 bits per heavy atom. The molecule has 0 aromatic rings. The van der Waals surface area contributed by atoms with E-state index in [9.17, 15) is 9.59 Å². The van der Waals surface area contributed by atoms with Gasteiger partial charge in [-0.25, -0.2) is 4.79 Å². The predicted molar refractivity (Wildman–Crippen MR) is 67.2 cm³/mol. The third-order valence-corrected chi connectivity index (χ3v) is 3.48. The standard InChI is InChI=1S/C13H23NO4/c1-3-9(2)12(13(16)17)14-11(15)8-10-6-4-5-7-18-10/h9-10,12H,3-8H2,1-2H3,(H,14,15)(H,16,17)/t9?,10?,12-/m0/s1. The molecule has 1 amide bonds. The summed E-state index contributed by atoms with van der Waals surface area (Å²) in [5.41, 5.74) is 0. The van der Waals surface area contributed by atoms with Gasteiger partial charge in [-0.05, 0) is 25.2 Å². The van der Waals surface area contributed by atoms with Crippen molar-refractivity contribution in [2.45, 2.75) is 58.1 Å². The molecule has 0 aliphatic carbocycles. The normalized spacial score (nSPS) is 23.1. The molecule has 1 rings (SSSR count). The zero-order valence-electron chi connectivity index (χ0n) is 11.1. The lowest BCUT2D eigenvalue weighted by atomic mass is 9.98. The smallest absolute Gasteiger partial charge is 0.326 e. The van der Waals surface area contributed by atoms with Gasteiger partial charge in [-0.3, -0.25) is 4.79 Å². The number of carboxylic acids is 1. The first-order valence-electron chi connectivity index (χ1n) is 6.68. The Hall–Kier alpha value is -1.10. The Bertz CT molecular complexity index is 287. The summed E-state index contributed by atoms with van der Waals surface area (Å²) in [6, 6.07) is -0.800. The molecule has 0 radical (unpaired) electrons. The molecule has 0 aromatic heterocycles. The van der Waals surface area contributed by atoms with Crippen LogP contribution in [0.4, 0.5) is 0 Å². The fourth-order valence-corrected chi connectivity index (χ4v) is 2.09. The van der Waals surface area contributed by atoms with Crippen molar-refractivity contribution in [1.29, 1.82) is 0 Å². The van der Waals surface area contributed by atoms with Crippen molar-refractivity contribution >= 4 is 11.9 Å². The van der Waals surface area contributed by atoms with Crippen molar-refractivity contribution in [2.24, 2.45) is 5.92 Å². The fraction of sp³-hybridized carbons (Fsp3) is 0.846. The van der Waals surface area contributed by atoms with Crippen LogP contribution in [0.5, 0.6) is 0 Å². The SMILES string of the molecule is CCC(C)[C@H](NC(=O)CC1CCCCO1)C(=O)O. The van der Waals surface area contributed by atoms with Gasteiger partial charge in [0.1, 0.15) is 6.04 Å². The molecule has 5 nitrogen and oxygen atoms in total. The van der Waals surface area contributed by atoms with Gasteiger partial charge >= 0.3 is 5.97 Å². The van der Waals surface area contributed by atoms with Crippen molar-refractivity contribution in [2.75, 3.05) is 6.61 Å². The van der Waals surface area contributed by atoms with Crippen LogP contribution < -0.4 is 5.32 Å². The number of amides is 1. The van der Waals surface area contributed by atoms with Crippen LogP contribution in [0.1, 0.15) is 46.0 Å². The van der Waals surface area contributed by atoms with Crippen LogP contribution in [-0.2, 0) is 14.3 Å². The van der Waals surface area contributed by atoms with E-state index in [4.69, 9.17) is 9.84 Å². The van der Waals surface area contributed by atoms with Gasteiger partial charge in [0.2, 0.25) is 5.91 Å². The van der Waals surface area contributed by atoms with Crippen molar-refractivity contribution < 1.29 is 19.4 Å². The minimum Gasteiger partial charge on any atom is -0.480 e. The summed E-state index contributed by atoms with van der Waals surface area (Å²) >= 11 is 0. The summed E-state index contributed by atoms with van der Waals surface area (Å²) in [4.78, 5) is 22.9. The lowest BCUT2D eigenvalue weighted by Gasteiger charge is -2.24. The van der Waals surface area contributed by atoms with E-state index < -0.39 is 12.0 Å². The van der Waals surface area contributed by atoms with Gasteiger partial charge in [-0.2, -0.15) is 0 Å². The van der Waals surface area contributed by atoms with Gasteiger partial charge in [0.15, 0.2) is 0 Å². The van der Waals surface area contributed by atoms with Crippen molar-refractivity contribution in [3.8, 4) is 0 Å². The first-order chi connectivity index (χ1) is 8.54. The quantitative estimate of drug-likeness (QED) is 0.757. The topological polar surface area (TPSA) is 75.6 Å². The van der Waals surface area contributed by atoms with Crippen LogP contribution in [0.25, 0.3) is 0 Å². The molecule has 1 saturated heterocycles. The Morgan fingerprint density at radius 3 is 2.67 bits per heavy atom. The van der Waals surface area contributed by atoms with E-state index in [1.54, 1.807) is 0 Å². The maximum atomic E-state index is 11.8. The second kappa shape index (κ2) is 7.36. The molecule has 104 valence electrons. The average Bonchev–Trinajstić information content (AvgIpc) is 2.36. The lowest BCUT2D eigenvalue weighted by Crippen LogP contribution is -2.46. The van der Waals surface area contributed by atoms with E-state index in [0.717, 1.165) is 25.7 Å². The molecule has 0 aromatic carbocycles. The maximum Gasteiger partial charge on any atom is 0.326 e. The summed E-state index contributed by atoms with van der Waals surface area (Å²) in [5.74, 6) is -1.27. The van der Waals surface area contributed by atoms with E-state index in [2.05, 4.69) is 5.32 Å². The highest BCUT2D eigenvalue weighted by Crippen LogP contribution is 2.16. The molecular weight excluding hydrogens is 234 g/mol. The number of ether oxygens (including phenoxy) is 1. The molecule has 0 saturated carbocycles. The second-order valence-electron chi connectivity index (χ2n) is 4.96. The second-order valence-corrected chi connectivity index (χ2v) is 4.96. The maximum absolute atomic E-state index is 11.8. The molecule has 5 heteroatoms. The Kier molecular flexibility index (Phi) is 6.12. The zero-order valence-corrected chi connectivity index (χ0v) is 11.1. The molecule has 1 fully saturated rings. The van der Waals surface area contributed by atoms with Gasteiger partial charge in [-0.1, -0.05) is 20.3 Å². The third kappa shape index (κ3) is 4.64. The predicted octanol–water partition coefficient (Wildman–Crippen LogP) is 1.56. The minimum absolute atomic E-state index is 0.0508. The number of carboxylic acid groups (broad SMARTS) is 1. The van der Waals surface area contributed by atoms with Gasteiger partial charge in [0, 0.05) is 6.61 Å². The number of hydrogen-bond acceptors (Lipinski definition) is 3. The monoisotopic (exact) mass is 257 g/mol. The third-order valence-electron chi connectivity index (χ3n) is 3.48. The highest BCUT2D eigenvalue weighted by molar-refractivity contribution is 5.83. The highest BCUT2D eigenvalue weighted by atomic mass is 16.5. The van der Waals surface area contributed by atoms with Crippen molar-refractivity contribution in [1.82, 2.24) is 5.32 Å². The summed E-state index contributed by atoms with van der Waals surface area (Å²) in [7, 11) is 0. The van der Waals surface area contributed by atoms with Crippen LogP contribution in [0.2, 0.25) is 0 Å². The molecule has 1 heterocycles. The summed E-state index contributed by atoms with van der Waals surface area (Å²) < 4.78 is 5.47. The molecule has 3 atom stereocenters. The van der Waals surface area contributed by atoms with Gasteiger partial charge in [0.25, 0.3) is 0 Å². The Balaban J connectivity index is 2.42. The number of aliphatic carboxylic acids is 1. The van der Waals surface area contributed by atoms with Gasteiger partial charge in [0.05, 0.1) is 12.5 Å². The molecule has 0 spiro atoms. The first kappa shape index (κ1) is 15.0. The number of hydrogen-bond donors (Lipinski definition) is 2. The van der Waals surface area contributed by atoms with Gasteiger partial charge in [-0.15, -0.1) is 0 Å². The highest BCUT2D eigenvalue weighted by Gasteiger charge is 2.26. The fourth-order valence-electron chi connectivity index (χ4n) is 2.09.